The normalized spacial score (nSPS) is 22.9. The van der Waals surface area contributed by atoms with E-state index >= 15 is 0 Å². The van der Waals surface area contributed by atoms with Crippen molar-refractivity contribution < 1.29 is 9.47 Å². The fourth-order valence-electron chi connectivity index (χ4n) is 2.97. The van der Waals surface area contributed by atoms with Crippen molar-refractivity contribution in [1.29, 1.82) is 0 Å². The van der Waals surface area contributed by atoms with Gasteiger partial charge in [0, 0.05) is 34.0 Å². The summed E-state index contributed by atoms with van der Waals surface area (Å²) in [4.78, 5) is 6.74. The molecule has 0 spiro atoms. The Morgan fingerprint density at radius 1 is 1.40 bits per heavy atom. The molecule has 0 N–H and O–H groups in total. The second kappa shape index (κ2) is 5.38. The molecule has 2 aromatic heterocycles. The molecular weight excluding hydrogens is 256 g/mol. The van der Waals surface area contributed by atoms with Gasteiger partial charge >= 0.3 is 0 Å². The van der Waals surface area contributed by atoms with Crippen molar-refractivity contribution in [3.05, 3.63) is 18.5 Å². The van der Waals surface area contributed by atoms with Crippen molar-refractivity contribution in [2.24, 2.45) is 7.05 Å². The van der Waals surface area contributed by atoms with Crippen LogP contribution in [0.4, 0.5) is 5.69 Å². The lowest BCUT2D eigenvalue weighted by Gasteiger charge is -2.26. The van der Waals surface area contributed by atoms with Crippen molar-refractivity contribution in [3.63, 3.8) is 0 Å². The third kappa shape index (κ3) is 2.14. The molecule has 0 bridgehead atoms. The lowest BCUT2D eigenvalue weighted by molar-refractivity contribution is 0.111. The lowest BCUT2D eigenvalue weighted by atomic mass is 10.2. The zero-order valence-corrected chi connectivity index (χ0v) is 12.1. The topological polar surface area (TPSA) is 52.4 Å². The molecule has 20 heavy (non-hydrogen) atoms. The first kappa shape index (κ1) is 13.3. The van der Waals surface area contributed by atoms with Gasteiger partial charge in [0.2, 0.25) is 0 Å². The molecular formula is C14H20N4O2. The number of anilines is 1. The van der Waals surface area contributed by atoms with Crippen LogP contribution in [-0.4, -0.2) is 54.3 Å². The number of hydrogen-bond donors (Lipinski definition) is 0. The van der Waals surface area contributed by atoms with Crippen LogP contribution in [-0.2, 0) is 16.5 Å². The summed E-state index contributed by atoms with van der Waals surface area (Å²) in [5.41, 5.74) is 2.06. The number of aromatic nitrogens is 3. The van der Waals surface area contributed by atoms with Gasteiger partial charge in [-0.05, 0) is 12.5 Å². The molecule has 1 fully saturated rings. The second-order valence-corrected chi connectivity index (χ2v) is 5.19. The van der Waals surface area contributed by atoms with E-state index in [0.29, 0.717) is 12.6 Å². The Hall–Kier alpha value is -1.66. The van der Waals surface area contributed by atoms with E-state index in [-0.39, 0.29) is 6.10 Å². The van der Waals surface area contributed by atoms with Crippen molar-refractivity contribution in [2.45, 2.75) is 18.6 Å². The van der Waals surface area contributed by atoms with E-state index in [1.165, 1.54) is 0 Å². The largest absolute Gasteiger partial charge is 0.383 e. The summed E-state index contributed by atoms with van der Waals surface area (Å²) >= 11 is 0. The molecule has 0 aliphatic carbocycles. The van der Waals surface area contributed by atoms with Crippen molar-refractivity contribution in [3.8, 4) is 0 Å². The average molecular weight is 276 g/mol. The van der Waals surface area contributed by atoms with Crippen molar-refractivity contribution in [2.75, 3.05) is 32.3 Å². The maximum Gasteiger partial charge on any atom is 0.159 e. The Balaban J connectivity index is 2.00. The third-order valence-electron chi connectivity index (χ3n) is 3.99. The maximum absolute atomic E-state index is 5.52. The lowest BCUT2D eigenvalue weighted by Crippen LogP contribution is -2.33. The van der Waals surface area contributed by atoms with E-state index in [4.69, 9.17) is 9.47 Å². The summed E-state index contributed by atoms with van der Waals surface area (Å²) in [6, 6.07) is 2.38. The minimum atomic E-state index is 0.245. The molecule has 0 radical (unpaired) electrons. The highest BCUT2D eigenvalue weighted by Crippen LogP contribution is 2.32. The SMILES string of the molecule is COC[C@@H]1C[C@H](OC)CN1c1ccnc2c1cnn2C. The predicted octanol–water partition coefficient (Wildman–Crippen LogP) is 1.21. The highest BCUT2D eigenvalue weighted by Gasteiger charge is 2.33. The highest BCUT2D eigenvalue weighted by molar-refractivity contribution is 5.89. The van der Waals surface area contributed by atoms with Crippen LogP contribution in [0.15, 0.2) is 18.5 Å². The third-order valence-corrected chi connectivity index (χ3v) is 3.99. The van der Waals surface area contributed by atoms with Gasteiger partial charge in [-0.15, -0.1) is 0 Å². The molecule has 108 valence electrons. The van der Waals surface area contributed by atoms with Gasteiger partial charge in [0.1, 0.15) is 0 Å². The van der Waals surface area contributed by atoms with Gasteiger partial charge in [-0.3, -0.25) is 4.68 Å². The number of fused-ring (bicyclic) bond motifs is 1. The zero-order valence-electron chi connectivity index (χ0n) is 12.1. The van der Waals surface area contributed by atoms with E-state index in [0.717, 1.165) is 29.7 Å². The van der Waals surface area contributed by atoms with Crippen LogP contribution in [0.5, 0.6) is 0 Å². The van der Waals surface area contributed by atoms with Crippen LogP contribution < -0.4 is 4.90 Å². The summed E-state index contributed by atoms with van der Waals surface area (Å²) in [6.07, 6.45) is 4.94. The number of rotatable bonds is 4. The molecule has 1 aliphatic heterocycles. The van der Waals surface area contributed by atoms with Crippen LogP contribution in [0.25, 0.3) is 11.0 Å². The maximum atomic E-state index is 5.52. The number of nitrogens with zero attached hydrogens (tertiary/aromatic N) is 4. The summed E-state index contributed by atoms with van der Waals surface area (Å²) in [5.74, 6) is 0. The van der Waals surface area contributed by atoms with E-state index in [1.54, 1.807) is 18.9 Å². The minimum absolute atomic E-state index is 0.245. The molecule has 2 aromatic rings. The summed E-state index contributed by atoms with van der Waals surface area (Å²) in [5, 5.41) is 5.38. The number of pyridine rings is 1. The van der Waals surface area contributed by atoms with Crippen LogP contribution in [0, 0.1) is 0 Å². The Labute approximate surface area is 118 Å². The molecule has 2 atom stereocenters. The van der Waals surface area contributed by atoms with Gasteiger partial charge in [0.05, 0.1) is 36.0 Å². The quantitative estimate of drug-likeness (QED) is 0.840. The Morgan fingerprint density at radius 2 is 2.25 bits per heavy atom. The smallest absolute Gasteiger partial charge is 0.159 e. The Kier molecular flexibility index (Phi) is 3.58. The first-order valence-corrected chi connectivity index (χ1v) is 6.79. The average Bonchev–Trinajstić information content (AvgIpc) is 3.04. The molecule has 0 unspecified atom stereocenters. The second-order valence-electron chi connectivity index (χ2n) is 5.19. The van der Waals surface area contributed by atoms with Gasteiger partial charge in [0.25, 0.3) is 0 Å². The monoisotopic (exact) mass is 276 g/mol. The van der Waals surface area contributed by atoms with Crippen LogP contribution in [0.3, 0.4) is 0 Å². The molecule has 1 aliphatic rings. The number of hydrogen-bond acceptors (Lipinski definition) is 5. The van der Waals surface area contributed by atoms with Gasteiger partial charge < -0.3 is 14.4 Å². The van der Waals surface area contributed by atoms with Crippen molar-refractivity contribution in [1.82, 2.24) is 14.8 Å². The van der Waals surface area contributed by atoms with E-state index in [9.17, 15) is 0 Å². The number of methoxy groups -OCH3 is 2. The van der Waals surface area contributed by atoms with Crippen LogP contribution >= 0.6 is 0 Å². The number of ether oxygens (including phenoxy) is 2. The molecule has 6 heteroatoms. The molecule has 1 saturated heterocycles. The van der Waals surface area contributed by atoms with Crippen LogP contribution in [0.2, 0.25) is 0 Å². The fourth-order valence-corrected chi connectivity index (χ4v) is 2.97. The molecule has 6 nitrogen and oxygen atoms in total. The molecule has 3 rings (SSSR count). The first-order chi connectivity index (χ1) is 9.74. The van der Waals surface area contributed by atoms with Gasteiger partial charge in [-0.25, -0.2) is 4.98 Å². The fraction of sp³-hybridized carbons (Fsp3) is 0.571. The van der Waals surface area contributed by atoms with Gasteiger partial charge in [-0.1, -0.05) is 0 Å². The standard InChI is InChI=1S/C14H20N4O2/c1-17-14-12(7-16-17)13(4-5-15-14)18-8-11(20-3)6-10(18)9-19-2/h4-5,7,10-11H,6,8-9H2,1-3H3/t10-,11-/m0/s1. The Bertz CT molecular complexity index is 598. The molecule has 0 aromatic carbocycles. The summed E-state index contributed by atoms with van der Waals surface area (Å²) < 4.78 is 12.7. The first-order valence-electron chi connectivity index (χ1n) is 6.79. The molecule has 0 saturated carbocycles. The number of aryl methyl sites for hydroxylation is 1. The highest BCUT2D eigenvalue weighted by atomic mass is 16.5. The van der Waals surface area contributed by atoms with Gasteiger partial charge in [0.15, 0.2) is 5.65 Å². The van der Waals surface area contributed by atoms with E-state index in [1.807, 2.05) is 25.5 Å². The molecule has 0 amide bonds. The summed E-state index contributed by atoms with van der Waals surface area (Å²) in [7, 11) is 5.42. The summed E-state index contributed by atoms with van der Waals surface area (Å²) in [6.45, 7) is 1.57. The van der Waals surface area contributed by atoms with Crippen molar-refractivity contribution >= 4 is 16.7 Å². The minimum Gasteiger partial charge on any atom is -0.383 e. The Morgan fingerprint density at radius 3 is 3.00 bits per heavy atom. The predicted molar refractivity (Wildman–Crippen MR) is 76.9 cm³/mol. The molecule has 3 heterocycles. The van der Waals surface area contributed by atoms with Gasteiger partial charge in [-0.2, -0.15) is 5.10 Å². The zero-order chi connectivity index (χ0) is 14.1. The van der Waals surface area contributed by atoms with E-state index in [2.05, 4.69) is 15.0 Å². The van der Waals surface area contributed by atoms with Crippen LogP contribution in [0.1, 0.15) is 6.42 Å². The van der Waals surface area contributed by atoms with E-state index < -0.39 is 0 Å².